The molecule has 0 aromatic rings. The first kappa shape index (κ1) is 11.5. The number of hydrogen-bond donors (Lipinski definition) is 1. The molecule has 0 saturated carbocycles. The predicted molar refractivity (Wildman–Crippen MR) is 62.6 cm³/mol. The van der Waals surface area contributed by atoms with Crippen LogP contribution in [-0.2, 0) is 0 Å². The summed E-state index contributed by atoms with van der Waals surface area (Å²) in [6, 6.07) is 0.547. The van der Waals surface area contributed by atoms with Gasteiger partial charge in [0.05, 0.1) is 11.9 Å². The van der Waals surface area contributed by atoms with Crippen molar-refractivity contribution in [1.29, 1.82) is 0 Å². The molecule has 14 heavy (non-hydrogen) atoms. The molecular formula is C12H24N2. The van der Waals surface area contributed by atoms with E-state index in [-0.39, 0.29) is 0 Å². The van der Waals surface area contributed by atoms with Crippen LogP contribution in [-0.4, -0.2) is 11.9 Å². The fourth-order valence-electron chi connectivity index (χ4n) is 2.07. The lowest BCUT2D eigenvalue weighted by molar-refractivity contribution is 0.494. The lowest BCUT2D eigenvalue weighted by Crippen LogP contribution is -2.21. The van der Waals surface area contributed by atoms with Gasteiger partial charge in [-0.1, -0.05) is 39.0 Å². The second-order valence-corrected chi connectivity index (χ2v) is 4.37. The minimum atomic E-state index is 0.547. The molecule has 1 aliphatic rings. The van der Waals surface area contributed by atoms with E-state index >= 15 is 0 Å². The third kappa shape index (κ3) is 4.64. The van der Waals surface area contributed by atoms with Gasteiger partial charge in [0.2, 0.25) is 0 Å². The van der Waals surface area contributed by atoms with E-state index in [1.165, 1.54) is 51.4 Å². The van der Waals surface area contributed by atoms with Crippen LogP contribution in [0.15, 0.2) is 4.99 Å². The minimum Gasteiger partial charge on any atom is -0.387 e. The first-order valence-electron chi connectivity index (χ1n) is 6.15. The quantitative estimate of drug-likeness (QED) is 0.651. The monoisotopic (exact) mass is 196 g/mol. The molecule has 0 aliphatic carbocycles. The number of amidine groups is 1. The maximum Gasteiger partial charge on any atom is 0.0940 e. The summed E-state index contributed by atoms with van der Waals surface area (Å²) in [5, 5.41) is 0. The highest BCUT2D eigenvalue weighted by atomic mass is 14.9. The third-order valence-corrected chi connectivity index (χ3v) is 2.96. The van der Waals surface area contributed by atoms with Crippen molar-refractivity contribution in [2.45, 2.75) is 70.8 Å². The molecule has 0 fully saturated rings. The number of nitrogens with zero attached hydrogens (tertiary/aromatic N) is 1. The molecule has 2 N–H and O–H groups in total. The van der Waals surface area contributed by atoms with E-state index in [1.54, 1.807) is 0 Å². The topological polar surface area (TPSA) is 38.4 Å². The molecule has 1 atom stereocenters. The summed E-state index contributed by atoms with van der Waals surface area (Å²) in [4.78, 5) is 4.49. The van der Waals surface area contributed by atoms with Gasteiger partial charge in [0.15, 0.2) is 0 Å². The molecule has 0 radical (unpaired) electrons. The number of hydrogen-bond acceptors (Lipinski definition) is 2. The van der Waals surface area contributed by atoms with Crippen LogP contribution in [0.3, 0.4) is 0 Å². The number of nitrogens with two attached hydrogens (primary N) is 1. The van der Waals surface area contributed by atoms with E-state index in [2.05, 4.69) is 11.9 Å². The van der Waals surface area contributed by atoms with Crippen LogP contribution in [0.1, 0.15) is 64.7 Å². The summed E-state index contributed by atoms with van der Waals surface area (Å²) in [5.41, 5.74) is 5.73. The molecule has 82 valence electrons. The number of unbranched alkanes of at least 4 members (excludes halogenated alkanes) is 4. The molecule has 0 aromatic carbocycles. The highest BCUT2D eigenvalue weighted by Crippen LogP contribution is 2.17. The van der Waals surface area contributed by atoms with Crippen molar-refractivity contribution in [1.82, 2.24) is 0 Å². The van der Waals surface area contributed by atoms with Crippen LogP contribution in [0.2, 0.25) is 0 Å². The molecule has 2 heteroatoms. The Hall–Kier alpha value is -0.530. The van der Waals surface area contributed by atoms with Crippen LogP contribution in [0.4, 0.5) is 0 Å². The summed E-state index contributed by atoms with van der Waals surface area (Å²) in [6.45, 7) is 2.26. The highest BCUT2D eigenvalue weighted by molar-refractivity contribution is 5.80. The molecule has 1 heterocycles. The minimum absolute atomic E-state index is 0.547. The van der Waals surface area contributed by atoms with Crippen LogP contribution < -0.4 is 5.73 Å². The van der Waals surface area contributed by atoms with Gasteiger partial charge in [0.1, 0.15) is 0 Å². The third-order valence-electron chi connectivity index (χ3n) is 2.96. The van der Waals surface area contributed by atoms with E-state index in [4.69, 9.17) is 5.73 Å². The highest BCUT2D eigenvalue weighted by Gasteiger charge is 2.12. The van der Waals surface area contributed by atoms with Gasteiger partial charge in [-0.15, -0.1) is 0 Å². The van der Waals surface area contributed by atoms with Gasteiger partial charge < -0.3 is 5.73 Å². The van der Waals surface area contributed by atoms with Crippen molar-refractivity contribution in [2.24, 2.45) is 10.7 Å². The zero-order valence-electron chi connectivity index (χ0n) is 9.47. The maximum absolute atomic E-state index is 5.73. The van der Waals surface area contributed by atoms with Crippen molar-refractivity contribution in [2.75, 3.05) is 0 Å². The Morgan fingerprint density at radius 2 is 2.07 bits per heavy atom. The molecule has 0 spiro atoms. The standard InChI is InChI=1S/C12H24N2/c1-2-3-4-5-6-8-11-9-7-10-12(13)14-11/h11H,2-10H2,1H3,(H2,13,14). The molecule has 0 amide bonds. The molecule has 0 aromatic heterocycles. The van der Waals surface area contributed by atoms with Crippen LogP contribution >= 0.6 is 0 Å². The Balaban J connectivity index is 2.03. The van der Waals surface area contributed by atoms with Gasteiger partial charge in [-0.3, -0.25) is 4.99 Å². The summed E-state index contributed by atoms with van der Waals surface area (Å²) < 4.78 is 0. The molecule has 0 saturated heterocycles. The van der Waals surface area contributed by atoms with Gasteiger partial charge in [-0.2, -0.15) is 0 Å². The molecule has 2 nitrogen and oxygen atoms in total. The largest absolute Gasteiger partial charge is 0.387 e. The number of aliphatic imine (C=N–C) groups is 1. The lowest BCUT2D eigenvalue weighted by atomic mass is 10.00. The van der Waals surface area contributed by atoms with Crippen molar-refractivity contribution in [3.05, 3.63) is 0 Å². The summed E-state index contributed by atoms with van der Waals surface area (Å²) in [7, 11) is 0. The Bertz CT molecular complexity index is 175. The van der Waals surface area contributed by atoms with E-state index in [0.717, 1.165) is 12.3 Å². The average molecular weight is 196 g/mol. The SMILES string of the molecule is CCCCCCCC1CCCC(N)=N1. The molecule has 1 aliphatic heterocycles. The van der Waals surface area contributed by atoms with E-state index in [0.29, 0.717) is 6.04 Å². The maximum atomic E-state index is 5.73. The summed E-state index contributed by atoms with van der Waals surface area (Å²) in [5.74, 6) is 0.884. The van der Waals surface area contributed by atoms with Crippen molar-refractivity contribution >= 4 is 5.84 Å². The zero-order valence-corrected chi connectivity index (χ0v) is 9.47. The van der Waals surface area contributed by atoms with Crippen LogP contribution in [0.5, 0.6) is 0 Å². The van der Waals surface area contributed by atoms with Gasteiger partial charge in [0, 0.05) is 6.42 Å². The number of rotatable bonds is 6. The van der Waals surface area contributed by atoms with Crippen molar-refractivity contribution in [3.63, 3.8) is 0 Å². The normalized spacial score (nSPS) is 22.1. The Morgan fingerprint density at radius 3 is 2.79 bits per heavy atom. The van der Waals surface area contributed by atoms with E-state index in [9.17, 15) is 0 Å². The first-order valence-corrected chi connectivity index (χ1v) is 6.15. The van der Waals surface area contributed by atoms with Gasteiger partial charge >= 0.3 is 0 Å². The van der Waals surface area contributed by atoms with Gasteiger partial charge in [0.25, 0.3) is 0 Å². The molecule has 1 unspecified atom stereocenters. The Morgan fingerprint density at radius 1 is 1.29 bits per heavy atom. The fraction of sp³-hybridized carbons (Fsp3) is 0.917. The predicted octanol–water partition coefficient (Wildman–Crippen LogP) is 3.26. The van der Waals surface area contributed by atoms with Crippen LogP contribution in [0, 0.1) is 0 Å². The first-order chi connectivity index (χ1) is 6.83. The van der Waals surface area contributed by atoms with E-state index in [1.807, 2.05) is 0 Å². The Labute approximate surface area is 88.0 Å². The smallest absolute Gasteiger partial charge is 0.0940 e. The second kappa shape index (κ2) is 6.86. The van der Waals surface area contributed by atoms with Gasteiger partial charge in [-0.25, -0.2) is 0 Å². The zero-order chi connectivity index (χ0) is 10.2. The van der Waals surface area contributed by atoms with Gasteiger partial charge in [-0.05, 0) is 19.3 Å². The van der Waals surface area contributed by atoms with Crippen molar-refractivity contribution < 1.29 is 0 Å². The summed E-state index contributed by atoms with van der Waals surface area (Å²) in [6.07, 6.45) is 11.6. The second-order valence-electron chi connectivity index (χ2n) is 4.37. The fourth-order valence-corrected chi connectivity index (χ4v) is 2.07. The molecule has 1 rings (SSSR count). The average Bonchev–Trinajstić information content (AvgIpc) is 2.18. The summed E-state index contributed by atoms with van der Waals surface area (Å²) >= 11 is 0. The molecular weight excluding hydrogens is 172 g/mol. The van der Waals surface area contributed by atoms with Crippen molar-refractivity contribution in [3.8, 4) is 0 Å². The molecule has 0 bridgehead atoms. The lowest BCUT2D eigenvalue weighted by Gasteiger charge is -2.18. The Kier molecular flexibility index (Phi) is 5.65. The van der Waals surface area contributed by atoms with E-state index < -0.39 is 0 Å². The van der Waals surface area contributed by atoms with Crippen LogP contribution in [0.25, 0.3) is 0 Å².